The van der Waals surface area contributed by atoms with E-state index in [2.05, 4.69) is 5.32 Å². The summed E-state index contributed by atoms with van der Waals surface area (Å²) in [6.45, 7) is 4.90. The summed E-state index contributed by atoms with van der Waals surface area (Å²) >= 11 is 1.49. The molecule has 0 radical (unpaired) electrons. The summed E-state index contributed by atoms with van der Waals surface area (Å²) in [6.07, 6.45) is 0.762. The molecular formula is C24H29N3O5S2. The minimum absolute atomic E-state index is 0.109. The van der Waals surface area contributed by atoms with Crippen LogP contribution < -0.4 is 10.2 Å². The molecule has 0 unspecified atom stereocenters. The highest BCUT2D eigenvalue weighted by atomic mass is 32.2. The number of thioether (sulfide) groups is 1. The number of fused-ring (bicyclic) bond motifs is 1. The van der Waals surface area contributed by atoms with Crippen molar-refractivity contribution in [3.63, 3.8) is 0 Å². The van der Waals surface area contributed by atoms with Crippen LogP contribution in [0.15, 0.2) is 52.3 Å². The molecule has 0 saturated carbocycles. The van der Waals surface area contributed by atoms with Gasteiger partial charge in [-0.3, -0.25) is 9.59 Å². The predicted molar refractivity (Wildman–Crippen MR) is 133 cm³/mol. The summed E-state index contributed by atoms with van der Waals surface area (Å²) in [4.78, 5) is 28.5. The van der Waals surface area contributed by atoms with Crippen molar-refractivity contribution in [3.05, 3.63) is 48.0 Å². The molecule has 2 aliphatic heterocycles. The van der Waals surface area contributed by atoms with Crippen LogP contribution in [0, 0.1) is 5.92 Å². The number of amides is 2. The number of benzene rings is 2. The van der Waals surface area contributed by atoms with Gasteiger partial charge in [0, 0.05) is 35.3 Å². The summed E-state index contributed by atoms with van der Waals surface area (Å²) < 4.78 is 33.1. The summed E-state index contributed by atoms with van der Waals surface area (Å²) in [5.41, 5.74) is 2.16. The number of anilines is 2. The van der Waals surface area contributed by atoms with E-state index in [9.17, 15) is 18.0 Å². The predicted octanol–water partition coefficient (Wildman–Crippen LogP) is 2.98. The average molecular weight is 504 g/mol. The SMILES string of the molecule is CCc1ccccc1NC(=O)CN1C(=O)[C@H](C)CSc2ccc(S(=O)(=O)N3CCOCC3)cc21. The number of ether oxygens (including phenoxy) is 1. The smallest absolute Gasteiger partial charge is 0.244 e. The molecule has 1 atom stereocenters. The molecule has 1 N–H and O–H groups in total. The van der Waals surface area contributed by atoms with Gasteiger partial charge in [0.25, 0.3) is 0 Å². The van der Waals surface area contributed by atoms with Gasteiger partial charge in [-0.1, -0.05) is 32.0 Å². The van der Waals surface area contributed by atoms with Gasteiger partial charge in [0.2, 0.25) is 21.8 Å². The van der Waals surface area contributed by atoms with Gasteiger partial charge < -0.3 is 15.0 Å². The maximum atomic E-state index is 13.2. The highest BCUT2D eigenvalue weighted by Gasteiger charge is 2.32. The Morgan fingerprint density at radius 2 is 1.91 bits per heavy atom. The third-order valence-electron chi connectivity index (χ3n) is 5.98. The molecule has 0 spiro atoms. The quantitative estimate of drug-likeness (QED) is 0.651. The van der Waals surface area contributed by atoms with Gasteiger partial charge in [0.15, 0.2) is 0 Å². The summed E-state index contributed by atoms with van der Waals surface area (Å²) in [7, 11) is -3.74. The van der Waals surface area contributed by atoms with E-state index in [-0.39, 0.29) is 42.3 Å². The average Bonchev–Trinajstić information content (AvgIpc) is 2.96. The van der Waals surface area contributed by atoms with Crippen molar-refractivity contribution in [3.8, 4) is 0 Å². The molecular weight excluding hydrogens is 474 g/mol. The second-order valence-electron chi connectivity index (χ2n) is 8.34. The molecule has 1 fully saturated rings. The van der Waals surface area contributed by atoms with Crippen LogP contribution >= 0.6 is 11.8 Å². The number of hydrogen-bond acceptors (Lipinski definition) is 6. The number of carbonyl (C=O) groups is 2. The minimum Gasteiger partial charge on any atom is -0.379 e. The topological polar surface area (TPSA) is 96.0 Å². The second kappa shape index (κ2) is 10.5. The van der Waals surface area contributed by atoms with Crippen molar-refractivity contribution in [1.29, 1.82) is 0 Å². The Hall–Kier alpha value is -2.40. The molecule has 0 bridgehead atoms. The first-order valence-corrected chi connectivity index (χ1v) is 13.8. The number of morpholine rings is 1. The number of sulfonamides is 1. The lowest BCUT2D eigenvalue weighted by atomic mass is 10.1. The van der Waals surface area contributed by atoms with E-state index >= 15 is 0 Å². The van der Waals surface area contributed by atoms with Crippen LogP contribution in [0.2, 0.25) is 0 Å². The van der Waals surface area contributed by atoms with Gasteiger partial charge in [-0.15, -0.1) is 11.8 Å². The third-order valence-corrected chi connectivity index (χ3v) is 9.20. The van der Waals surface area contributed by atoms with Gasteiger partial charge in [0.1, 0.15) is 6.54 Å². The van der Waals surface area contributed by atoms with Gasteiger partial charge in [-0.05, 0) is 36.2 Å². The highest BCUT2D eigenvalue weighted by molar-refractivity contribution is 7.99. The Morgan fingerprint density at radius 1 is 1.18 bits per heavy atom. The number of carbonyl (C=O) groups excluding carboxylic acids is 2. The molecule has 10 heteroatoms. The molecule has 2 amide bonds. The highest BCUT2D eigenvalue weighted by Crippen LogP contribution is 2.38. The first kappa shape index (κ1) is 24.7. The first-order valence-electron chi connectivity index (χ1n) is 11.3. The third kappa shape index (κ3) is 5.14. The number of hydrogen-bond donors (Lipinski definition) is 1. The van der Waals surface area contributed by atoms with E-state index in [0.717, 1.165) is 16.9 Å². The number of rotatable bonds is 6. The van der Waals surface area contributed by atoms with Crippen molar-refractivity contribution in [2.45, 2.75) is 30.1 Å². The number of nitrogens with one attached hydrogen (secondary N) is 1. The van der Waals surface area contributed by atoms with E-state index in [1.54, 1.807) is 12.1 Å². The monoisotopic (exact) mass is 503 g/mol. The Bertz CT molecular complexity index is 1180. The Kier molecular flexibility index (Phi) is 7.61. The standard InChI is InChI=1S/C24H29N3O5S2/c1-3-18-6-4-5-7-20(18)25-23(28)15-27-21-14-19(34(30,31)26-10-12-32-13-11-26)8-9-22(21)33-16-17(2)24(27)29/h4-9,14,17H,3,10-13,15-16H2,1-2H3,(H,25,28)/t17-/m1/s1. The lowest BCUT2D eigenvalue weighted by Gasteiger charge is -2.27. The van der Waals surface area contributed by atoms with Crippen LogP contribution in [-0.2, 0) is 30.8 Å². The maximum Gasteiger partial charge on any atom is 0.244 e. The lowest BCUT2D eigenvalue weighted by molar-refractivity contribution is -0.123. The molecule has 4 rings (SSSR count). The zero-order valence-electron chi connectivity index (χ0n) is 19.3. The maximum absolute atomic E-state index is 13.2. The Balaban J connectivity index is 1.65. The van der Waals surface area contributed by atoms with Gasteiger partial charge in [-0.25, -0.2) is 8.42 Å². The fourth-order valence-electron chi connectivity index (χ4n) is 4.04. The van der Waals surface area contributed by atoms with Crippen LogP contribution in [0.4, 0.5) is 11.4 Å². The molecule has 182 valence electrons. The van der Waals surface area contributed by atoms with E-state index in [0.29, 0.717) is 30.3 Å². The van der Waals surface area contributed by atoms with E-state index in [1.807, 2.05) is 38.1 Å². The van der Waals surface area contributed by atoms with Crippen molar-refractivity contribution in [2.75, 3.05) is 48.8 Å². The van der Waals surface area contributed by atoms with Gasteiger partial charge in [0.05, 0.1) is 23.8 Å². The van der Waals surface area contributed by atoms with Crippen LogP contribution in [0.5, 0.6) is 0 Å². The fraction of sp³-hybridized carbons (Fsp3) is 0.417. The van der Waals surface area contributed by atoms with Crippen molar-refractivity contribution in [1.82, 2.24) is 4.31 Å². The molecule has 1 saturated heterocycles. The molecule has 8 nitrogen and oxygen atoms in total. The second-order valence-corrected chi connectivity index (χ2v) is 11.3. The largest absolute Gasteiger partial charge is 0.379 e. The van der Waals surface area contributed by atoms with Crippen LogP contribution in [0.25, 0.3) is 0 Å². The normalized spacial score (nSPS) is 19.4. The molecule has 0 aliphatic carbocycles. The number of para-hydroxylation sites is 1. The van der Waals surface area contributed by atoms with Crippen molar-refractivity contribution in [2.24, 2.45) is 5.92 Å². The van der Waals surface area contributed by atoms with Crippen molar-refractivity contribution < 1.29 is 22.7 Å². The zero-order valence-corrected chi connectivity index (χ0v) is 21.0. The van der Waals surface area contributed by atoms with Crippen LogP contribution in [0.1, 0.15) is 19.4 Å². The lowest BCUT2D eigenvalue weighted by Crippen LogP contribution is -2.42. The van der Waals surface area contributed by atoms with Crippen molar-refractivity contribution >= 4 is 45.0 Å². The summed E-state index contributed by atoms with van der Waals surface area (Å²) in [5.74, 6) is -0.294. The van der Waals surface area contributed by atoms with E-state index in [1.165, 1.54) is 27.0 Å². The molecule has 2 heterocycles. The molecule has 34 heavy (non-hydrogen) atoms. The molecule has 0 aromatic heterocycles. The number of nitrogens with zero attached hydrogens (tertiary/aromatic N) is 2. The van der Waals surface area contributed by atoms with Crippen LogP contribution in [-0.4, -0.2) is 63.1 Å². The molecule has 2 aromatic carbocycles. The van der Waals surface area contributed by atoms with E-state index in [4.69, 9.17) is 4.74 Å². The fourth-order valence-corrected chi connectivity index (χ4v) is 6.53. The summed E-state index contributed by atoms with van der Waals surface area (Å²) in [5, 5.41) is 2.91. The van der Waals surface area contributed by atoms with Crippen LogP contribution in [0.3, 0.4) is 0 Å². The summed E-state index contributed by atoms with van der Waals surface area (Å²) in [6, 6.07) is 12.4. The van der Waals surface area contributed by atoms with E-state index < -0.39 is 10.0 Å². The van der Waals surface area contributed by atoms with Gasteiger partial charge >= 0.3 is 0 Å². The Morgan fingerprint density at radius 3 is 2.65 bits per heavy atom. The number of aryl methyl sites for hydroxylation is 1. The molecule has 2 aromatic rings. The minimum atomic E-state index is -3.74. The first-order chi connectivity index (χ1) is 16.3. The van der Waals surface area contributed by atoms with Gasteiger partial charge in [-0.2, -0.15) is 4.31 Å². The molecule has 2 aliphatic rings. The Labute approximate surface area is 204 Å². The zero-order chi connectivity index (χ0) is 24.3.